The standard InChI is InChI=1S/C15H16FN5/c1-2-7-18-15-20-10-13(16)14(21-15)19-9-12-5-3-11(8-17)4-6-12/h3-6,10H,2,7,9H2,1H3,(H2,18,19,20,21). The molecule has 0 saturated heterocycles. The van der Waals surface area contributed by atoms with Gasteiger partial charge in [-0.2, -0.15) is 10.2 Å². The highest BCUT2D eigenvalue weighted by Crippen LogP contribution is 2.13. The van der Waals surface area contributed by atoms with E-state index in [1.54, 1.807) is 12.1 Å². The van der Waals surface area contributed by atoms with Gasteiger partial charge in [0.2, 0.25) is 5.95 Å². The molecule has 0 spiro atoms. The average Bonchev–Trinajstić information content (AvgIpc) is 2.53. The highest BCUT2D eigenvalue weighted by atomic mass is 19.1. The van der Waals surface area contributed by atoms with E-state index in [1.807, 2.05) is 19.1 Å². The quantitative estimate of drug-likeness (QED) is 0.853. The second-order valence-electron chi connectivity index (χ2n) is 4.48. The van der Waals surface area contributed by atoms with E-state index in [2.05, 4.69) is 26.7 Å². The minimum atomic E-state index is -0.495. The maximum absolute atomic E-state index is 13.7. The van der Waals surface area contributed by atoms with Crippen LogP contribution in [0.3, 0.4) is 0 Å². The number of hydrogen-bond donors (Lipinski definition) is 2. The molecule has 2 N–H and O–H groups in total. The van der Waals surface area contributed by atoms with Gasteiger partial charge >= 0.3 is 0 Å². The number of nitrogens with zero attached hydrogens (tertiary/aromatic N) is 3. The molecule has 6 heteroatoms. The van der Waals surface area contributed by atoms with Gasteiger partial charge in [-0.1, -0.05) is 19.1 Å². The zero-order valence-electron chi connectivity index (χ0n) is 11.7. The lowest BCUT2D eigenvalue weighted by Gasteiger charge is -2.09. The summed E-state index contributed by atoms with van der Waals surface area (Å²) in [6, 6.07) is 9.14. The predicted octanol–water partition coefficient (Wildman–Crippen LogP) is 2.92. The largest absolute Gasteiger partial charge is 0.363 e. The van der Waals surface area contributed by atoms with E-state index in [0.717, 1.165) is 24.7 Å². The van der Waals surface area contributed by atoms with Crippen molar-refractivity contribution in [3.05, 3.63) is 47.4 Å². The molecule has 0 aliphatic carbocycles. The second-order valence-corrected chi connectivity index (χ2v) is 4.48. The van der Waals surface area contributed by atoms with Crippen LogP contribution >= 0.6 is 0 Å². The van der Waals surface area contributed by atoms with E-state index >= 15 is 0 Å². The van der Waals surface area contributed by atoms with Gasteiger partial charge in [0.25, 0.3) is 0 Å². The van der Waals surface area contributed by atoms with Crippen molar-refractivity contribution < 1.29 is 4.39 Å². The Bertz CT molecular complexity index is 634. The zero-order valence-corrected chi connectivity index (χ0v) is 11.7. The molecule has 0 atom stereocenters. The van der Waals surface area contributed by atoms with Crippen LogP contribution in [0.2, 0.25) is 0 Å². The van der Waals surface area contributed by atoms with Gasteiger partial charge in [-0.15, -0.1) is 0 Å². The van der Waals surface area contributed by atoms with E-state index in [1.165, 1.54) is 0 Å². The lowest BCUT2D eigenvalue weighted by Crippen LogP contribution is -2.09. The van der Waals surface area contributed by atoms with Gasteiger partial charge < -0.3 is 10.6 Å². The molecule has 0 bridgehead atoms. The van der Waals surface area contributed by atoms with Crippen LogP contribution in [0.5, 0.6) is 0 Å². The Balaban J connectivity index is 2.02. The van der Waals surface area contributed by atoms with Crippen LogP contribution < -0.4 is 10.6 Å². The molecule has 1 aromatic heterocycles. The van der Waals surface area contributed by atoms with Crippen molar-refractivity contribution >= 4 is 11.8 Å². The summed E-state index contributed by atoms with van der Waals surface area (Å²) in [5.74, 6) is 0.0687. The van der Waals surface area contributed by atoms with Gasteiger partial charge in [-0.05, 0) is 24.1 Å². The summed E-state index contributed by atoms with van der Waals surface area (Å²) in [5.41, 5.74) is 1.54. The molecule has 0 saturated carbocycles. The molecule has 0 amide bonds. The van der Waals surface area contributed by atoms with Crippen LogP contribution in [-0.2, 0) is 6.54 Å². The molecule has 21 heavy (non-hydrogen) atoms. The monoisotopic (exact) mass is 285 g/mol. The number of aromatic nitrogens is 2. The first-order chi connectivity index (χ1) is 10.2. The predicted molar refractivity (Wildman–Crippen MR) is 79.3 cm³/mol. The van der Waals surface area contributed by atoms with Crippen molar-refractivity contribution in [2.24, 2.45) is 0 Å². The van der Waals surface area contributed by atoms with Gasteiger partial charge in [0, 0.05) is 13.1 Å². The van der Waals surface area contributed by atoms with Crippen LogP contribution in [-0.4, -0.2) is 16.5 Å². The van der Waals surface area contributed by atoms with Gasteiger partial charge in [0.05, 0.1) is 17.8 Å². The van der Waals surface area contributed by atoms with Crippen molar-refractivity contribution in [1.29, 1.82) is 5.26 Å². The summed E-state index contributed by atoms with van der Waals surface area (Å²) in [4.78, 5) is 7.98. The highest BCUT2D eigenvalue weighted by molar-refractivity contribution is 5.42. The molecule has 0 fully saturated rings. The van der Waals surface area contributed by atoms with E-state index in [0.29, 0.717) is 18.1 Å². The number of anilines is 2. The Hall–Kier alpha value is -2.68. The fourth-order valence-electron chi connectivity index (χ4n) is 1.70. The van der Waals surface area contributed by atoms with Crippen molar-refractivity contribution in [2.75, 3.05) is 17.2 Å². The smallest absolute Gasteiger partial charge is 0.224 e. The van der Waals surface area contributed by atoms with E-state index in [-0.39, 0.29) is 5.82 Å². The Labute approximate surface area is 122 Å². The van der Waals surface area contributed by atoms with Crippen LogP contribution in [0.4, 0.5) is 16.2 Å². The molecule has 0 radical (unpaired) electrons. The van der Waals surface area contributed by atoms with Gasteiger partial charge in [-0.3, -0.25) is 0 Å². The summed E-state index contributed by atoms with van der Waals surface area (Å²) in [5, 5.41) is 14.7. The average molecular weight is 285 g/mol. The third kappa shape index (κ3) is 4.14. The van der Waals surface area contributed by atoms with Crippen molar-refractivity contribution in [3.63, 3.8) is 0 Å². The van der Waals surface area contributed by atoms with Crippen LogP contribution in [0.1, 0.15) is 24.5 Å². The third-order valence-electron chi connectivity index (χ3n) is 2.82. The summed E-state index contributed by atoms with van der Waals surface area (Å²) >= 11 is 0. The Kier molecular flexibility index (Phi) is 5.04. The minimum absolute atomic E-state index is 0.160. The fraction of sp³-hybridized carbons (Fsp3) is 0.267. The molecule has 0 aliphatic rings. The SMILES string of the molecule is CCCNc1ncc(F)c(NCc2ccc(C#N)cc2)n1. The van der Waals surface area contributed by atoms with Crippen LogP contribution in [0, 0.1) is 17.1 Å². The normalized spacial score (nSPS) is 9.95. The van der Waals surface area contributed by atoms with E-state index in [4.69, 9.17) is 5.26 Å². The maximum atomic E-state index is 13.7. The van der Waals surface area contributed by atoms with Crippen molar-refractivity contribution in [1.82, 2.24) is 9.97 Å². The number of hydrogen-bond acceptors (Lipinski definition) is 5. The summed E-state index contributed by atoms with van der Waals surface area (Å²) < 4.78 is 13.7. The Morgan fingerprint density at radius 2 is 2.00 bits per heavy atom. The molecule has 0 unspecified atom stereocenters. The first kappa shape index (κ1) is 14.7. The molecule has 2 rings (SSSR count). The van der Waals surface area contributed by atoms with Gasteiger partial charge in [0.1, 0.15) is 0 Å². The molecular formula is C15H16FN5. The number of halogens is 1. The Morgan fingerprint density at radius 1 is 1.24 bits per heavy atom. The third-order valence-corrected chi connectivity index (χ3v) is 2.82. The van der Waals surface area contributed by atoms with E-state index < -0.39 is 5.82 Å². The van der Waals surface area contributed by atoms with Gasteiger partial charge in [0.15, 0.2) is 11.6 Å². The van der Waals surface area contributed by atoms with Crippen molar-refractivity contribution in [2.45, 2.75) is 19.9 Å². The fourth-order valence-corrected chi connectivity index (χ4v) is 1.70. The zero-order chi connectivity index (χ0) is 15.1. The number of nitriles is 1. The van der Waals surface area contributed by atoms with E-state index in [9.17, 15) is 4.39 Å². The maximum Gasteiger partial charge on any atom is 0.224 e. The first-order valence-corrected chi connectivity index (χ1v) is 6.72. The minimum Gasteiger partial charge on any atom is -0.363 e. The molecule has 1 aromatic carbocycles. The second kappa shape index (κ2) is 7.20. The molecule has 5 nitrogen and oxygen atoms in total. The molecule has 108 valence electrons. The summed E-state index contributed by atoms with van der Waals surface area (Å²) in [6.45, 7) is 3.19. The lowest BCUT2D eigenvalue weighted by atomic mass is 10.1. The molecule has 2 aromatic rings. The van der Waals surface area contributed by atoms with Crippen LogP contribution in [0.15, 0.2) is 30.5 Å². The first-order valence-electron chi connectivity index (χ1n) is 6.72. The van der Waals surface area contributed by atoms with Gasteiger partial charge in [-0.25, -0.2) is 9.37 Å². The Morgan fingerprint density at radius 3 is 2.67 bits per heavy atom. The van der Waals surface area contributed by atoms with Crippen molar-refractivity contribution in [3.8, 4) is 6.07 Å². The number of benzene rings is 1. The molecule has 0 aliphatic heterocycles. The number of nitrogens with one attached hydrogen (secondary N) is 2. The molecule has 1 heterocycles. The summed E-state index contributed by atoms with van der Waals surface area (Å²) in [6.07, 6.45) is 2.08. The summed E-state index contributed by atoms with van der Waals surface area (Å²) in [7, 11) is 0. The highest BCUT2D eigenvalue weighted by Gasteiger charge is 2.06. The topological polar surface area (TPSA) is 73.6 Å². The van der Waals surface area contributed by atoms with Crippen LogP contribution in [0.25, 0.3) is 0 Å². The number of rotatable bonds is 6. The lowest BCUT2D eigenvalue weighted by molar-refractivity contribution is 0.617. The molecular weight excluding hydrogens is 269 g/mol.